The van der Waals surface area contributed by atoms with Gasteiger partial charge in [-0.15, -0.1) is 11.3 Å². The second kappa shape index (κ2) is 6.50. The van der Waals surface area contributed by atoms with Gasteiger partial charge in [-0.3, -0.25) is 4.79 Å². The minimum absolute atomic E-state index is 0.000648. The second-order valence-corrected chi connectivity index (χ2v) is 6.47. The molecule has 0 saturated carbocycles. The fourth-order valence-electron chi connectivity index (χ4n) is 2.56. The van der Waals surface area contributed by atoms with Crippen LogP contribution in [-0.4, -0.2) is 29.1 Å². The smallest absolute Gasteiger partial charge is 0.260 e. The number of hydrogen-bond donors (Lipinski definition) is 1. The zero-order valence-corrected chi connectivity index (χ0v) is 13.3. The van der Waals surface area contributed by atoms with Gasteiger partial charge in [0.2, 0.25) is 0 Å². The molecule has 0 saturated heterocycles. The van der Waals surface area contributed by atoms with Gasteiger partial charge in [0.15, 0.2) is 6.61 Å². The third-order valence-corrected chi connectivity index (χ3v) is 4.89. The van der Waals surface area contributed by atoms with Gasteiger partial charge in [0.1, 0.15) is 5.75 Å². The van der Waals surface area contributed by atoms with Crippen LogP contribution in [0.3, 0.4) is 0 Å². The van der Waals surface area contributed by atoms with E-state index in [1.165, 1.54) is 10.4 Å². The van der Waals surface area contributed by atoms with Crippen molar-refractivity contribution >= 4 is 17.2 Å². The average molecular weight is 317 g/mol. The van der Waals surface area contributed by atoms with Crippen molar-refractivity contribution in [2.75, 3.05) is 13.2 Å². The zero-order valence-electron chi connectivity index (χ0n) is 12.5. The Morgan fingerprint density at radius 1 is 1.45 bits per heavy atom. The van der Waals surface area contributed by atoms with Crippen LogP contribution in [0.2, 0.25) is 0 Å². The lowest BCUT2D eigenvalue weighted by Gasteiger charge is -2.27. The Morgan fingerprint density at radius 2 is 2.32 bits per heavy atom. The lowest BCUT2D eigenvalue weighted by molar-refractivity contribution is -0.134. The van der Waals surface area contributed by atoms with Crippen LogP contribution in [0.25, 0.3) is 0 Å². The highest BCUT2D eigenvalue weighted by atomic mass is 32.1. The maximum absolute atomic E-state index is 12.3. The summed E-state index contributed by atoms with van der Waals surface area (Å²) in [6, 6.07) is 9.31. The maximum Gasteiger partial charge on any atom is 0.260 e. The average Bonchev–Trinajstić information content (AvgIpc) is 3.00. The van der Waals surface area contributed by atoms with Crippen LogP contribution in [0.1, 0.15) is 29.0 Å². The Hall–Kier alpha value is -1.85. The van der Waals surface area contributed by atoms with Crippen molar-refractivity contribution in [3.63, 3.8) is 0 Å². The number of fused-ring (bicyclic) bond motifs is 1. The molecular formula is C17H19NO3S. The second-order valence-electron chi connectivity index (χ2n) is 5.47. The van der Waals surface area contributed by atoms with Gasteiger partial charge in [0.05, 0.1) is 6.10 Å². The summed E-state index contributed by atoms with van der Waals surface area (Å²) in [5, 5.41) is 11.7. The molecule has 1 N–H and O–H groups in total. The summed E-state index contributed by atoms with van der Waals surface area (Å²) < 4.78 is 5.58. The predicted molar refractivity (Wildman–Crippen MR) is 86.0 cm³/mol. The third-order valence-electron chi connectivity index (χ3n) is 3.86. The SMILES string of the molecule is CC(O)c1cccc(OCC(=O)N2CCc3sccc3C2)c1. The van der Waals surface area contributed by atoms with Gasteiger partial charge < -0.3 is 14.7 Å². The summed E-state index contributed by atoms with van der Waals surface area (Å²) >= 11 is 1.76. The Labute approximate surface area is 134 Å². The van der Waals surface area contributed by atoms with E-state index in [0.29, 0.717) is 12.3 Å². The standard InChI is InChI=1S/C17H19NO3S/c1-12(19)13-3-2-4-15(9-13)21-11-17(20)18-7-5-16-14(10-18)6-8-22-16/h2-4,6,8-9,12,19H,5,7,10-11H2,1H3. The minimum Gasteiger partial charge on any atom is -0.484 e. The predicted octanol–water partition coefficient (Wildman–Crippen LogP) is 2.77. The van der Waals surface area contributed by atoms with Gasteiger partial charge in [0.25, 0.3) is 5.91 Å². The molecule has 4 nitrogen and oxygen atoms in total. The number of benzene rings is 1. The largest absolute Gasteiger partial charge is 0.484 e. The van der Waals surface area contributed by atoms with Gasteiger partial charge >= 0.3 is 0 Å². The van der Waals surface area contributed by atoms with Gasteiger partial charge in [-0.05, 0) is 48.1 Å². The summed E-state index contributed by atoms with van der Waals surface area (Å²) in [5.41, 5.74) is 2.03. The van der Waals surface area contributed by atoms with E-state index in [1.807, 2.05) is 17.0 Å². The topological polar surface area (TPSA) is 49.8 Å². The highest BCUT2D eigenvalue weighted by Gasteiger charge is 2.21. The van der Waals surface area contributed by atoms with E-state index < -0.39 is 6.10 Å². The molecule has 1 aliphatic rings. The van der Waals surface area contributed by atoms with Crippen molar-refractivity contribution in [3.05, 3.63) is 51.7 Å². The molecule has 1 aromatic carbocycles. The van der Waals surface area contributed by atoms with E-state index in [9.17, 15) is 9.90 Å². The van der Waals surface area contributed by atoms with Gasteiger partial charge in [-0.1, -0.05) is 12.1 Å². The molecule has 1 aliphatic heterocycles. The van der Waals surface area contributed by atoms with Gasteiger partial charge in [-0.2, -0.15) is 0 Å². The Morgan fingerprint density at radius 3 is 3.14 bits per heavy atom. The van der Waals surface area contributed by atoms with E-state index >= 15 is 0 Å². The maximum atomic E-state index is 12.3. The number of aliphatic hydroxyl groups is 1. The molecule has 1 amide bonds. The summed E-state index contributed by atoms with van der Waals surface area (Å²) in [6.07, 6.45) is 0.384. The Bertz CT molecular complexity index is 665. The van der Waals surface area contributed by atoms with E-state index in [1.54, 1.807) is 30.4 Å². The van der Waals surface area contributed by atoms with Crippen LogP contribution >= 0.6 is 11.3 Å². The lowest BCUT2D eigenvalue weighted by atomic mass is 10.1. The van der Waals surface area contributed by atoms with Crippen molar-refractivity contribution in [3.8, 4) is 5.75 Å². The van der Waals surface area contributed by atoms with Gasteiger partial charge in [0, 0.05) is 18.0 Å². The van der Waals surface area contributed by atoms with Crippen molar-refractivity contribution in [1.82, 2.24) is 4.90 Å². The summed E-state index contributed by atoms with van der Waals surface area (Å²) in [6.45, 7) is 3.16. The van der Waals surface area contributed by atoms with E-state index in [2.05, 4.69) is 11.4 Å². The van der Waals surface area contributed by atoms with Gasteiger partial charge in [-0.25, -0.2) is 0 Å². The molecule has 0 bridgehead atoms. The van der Waals surface area contributed by atoms with Crippen LogP contribution in [0.4, 0.5) is 0 Å². The van der Waals surface area contributed by atoms with E-state index in [0.717, 1.165) is 18.5 Å². The molecule has 0 aliphatic carbocycles. The quantitative estimate of drug-likeness (QED) is 0.943. The molecule has 5 heteroatoms. The molecule has 0 spiro atoms. The molecule has 0 fully saturated rings. The van der Waals surface area contributed by atoms with Crippen LogP contribution < -0.4 is 4.74 Å². The monoisotopic (exact) mass is 317 g/mol. The zero-order chi connectivity index (χ0) is 15.5. The third kappa shape index (κ3) is 3.31. The molecule has 22 heavy (non-hydrogen) atoms. The summed E-state index contributed by atoms with van der Waals surface area (Å²) in [5.74, 6) is 0.610. The molecular weight excluding hydrogens is 298 g/mol. The van der Waals surface area contributed by atoms with Crippen molar-refractivity contribution in [2.45, 2.75) is 26.0 Å². The highest BCUT2D eigenvalue weighted by Crippen LogP contribution is 2.24. The Kier molecular flexibility index (Phi) is 4.45. The number of hydrogen-bond acceptors (Lipinski definition) is 4. The number of rotatable bonds is 4. The fourth-order valence-corrected chi connectivity index (χ4v) is 3.45. The van der Waals surface area contributed by atoms with E-state index in [-0.39, 0.29) is 12.5 Å². The molecule has 1 unspecified atom stereocenters. The lowest BCUT2D eigenvalue weighted by Crippen LogP contribution is -2.38. The number of amides is 1. The number of ether oxygens (including phenoxy) is 1. The van der Waals surface area contributed by atoms with Crippen molar-refractivity contribution in [2.24, 2.45) is 0 Å². The molecule has 3 rings (SSSR count). The fraction of sp³-hybridized carbons (Fsp3) is 0.353. The summed E-state index contributed by atoms with van der Waals surface area (Å²) in [4.78, 5) is 15.5. The molecule has 2 aromatic rings. The number of aliphatic hydroxyl groups excluding tert-OH is 1. The first-order valence-electron chi connectivity index (χ1n) is 7.37. The highest BCUT2D eigenvalue weighted by molar-refractivity contribution is 7.10. The van der Waals surface area contributed by atoms with Crippen molar-refractivity contribution in [1.29, 1.82) is 0 Å². The first kappa shape index (κ1) is 15.1. The number of nitrogens with zero attached hydrogens (tertiary/aromatic N) is 1. The number of carbonyl (C=O) groups excluding carboxylic acids is 1. The first-order chi connectivity index (χ1) is 10.6. The van der Waals surface area contributed by atoms with Crippen LogP contribution in [0.15, 0.2) is 35.7 Å². The molecule has 1 aromatic heterocycles. The minimum atomic E-state index is -0.543. The number of thiophene rings is 1. The summed E-state index contributed by atoms with van der Waals surface area (Å²) in [7, 11) is 0. The first-order valence-corrected chi connectivity index (χ1v) is 8.25. The molecule has 116 valence electrons. The van der Waals surface area contributed by atoms with Crippen molar-refractivity contribution < 1.29 is 14.6 Å². The van der Waals surface area contributed by atoms with Crippen LogP contribution in [0, 0.1) is 0 Å². The Balaban J connectivity index is 1.58. The normalized spacial score (nSPS) is 15.3. The van der Waals surface area contributed by atoms with Crippen LogP contribution in [-0.2, 0) is 17.8 Å². The number of carbonyl (C=O) groups is 1. The van der Waals surface area contributed by atoms with E-state index in [4.69, 9.17) is 4.74 Å². The van der Waals surface area contributed by atoms with Crippen LogP contribution in [0.5, 0.6) is 5.75 Å². The molecule has 0 radical (unpaired) electrons. The molecule has 1 atom stereocenters. The molecule has 2 heterocycles.